The molecule has 2 amide bonds. The first-order valence-corrected chi connectivity index (χ1v) is 11.5. The molecule has 2 saturated heterocycles. The molecule has 2 aromatic carbocycles. The van der Waals surface area contributed by atoms with E-state index in [1.54, 1.807) is 24.3 Å². The third-order valence-corrected chi connectivity index (χ3v) is 6.64. The largest absolute Gasteiger partial charge is 0.390 e. The average molecular weight is 475 g/mol. The molecule has 2 aromatic rings. The summed E-state index contributed by atoms with van der Waals surface area (Å²) in [6.07, 6.45) is 0.886. The van der Waals surface area contributed by atoms with E-state index in [4.69, 9.17) is 11.6 Å². The summed E-state index contributed by atoms with van der Waals surface area (Å²) >= 11 is 5.91. The van der Waals surface area contributed by atoms with Gasteiger partial charge in [-0.3, -0.25) is 9.59 Å². The van der Waals surface area contributed by atoms with E-state index in [9.17, 15) is 19.1 Å². The number of nitrogens with zero attached hydrogens (tertiary/aromatic N) is 2. The fourth-order valence-corrected chi connectivity index (χ4v) is 4.69. The standard InChI is InChI=1S/C24H28ClFN4O3/c1-27-23(32)19-7-6-17(26)12-21(19)30-13-20(22(31)14-30)28-18-8-10-29(11-9-18)24(33)15-2-4-16(25)5-3-15/h2-7,12,18,20,22,28,31H,8-11,13-14H2,1H3,(H,27,32)/t20?,22-/m1/s1. The number of aliphatic hydroxyl groups is 1. The van der Waals surface area contributed by atoms with Crippen LogP contribution in [0.3, 0.4) is 0 Å². The number of anilines is 1. The number of amides is 2. The van der Waals surface area contributed by atoms with Crippen molar-refractivity contribution >= 4 is 29.1 Å². The van der Waals surface area contributed by atoms with Gasteiger partial charge in [-0.1, -0.05) is 11.6 Å². The molecule has 0 spiro atoms. The molecule has 0 radical (unpaired) electrons. The number of β-amino-alcohol motifs (C(OH)–C–C–N with tert-alkyl or cyclic N) is 1. The van der Waals surface area contributed by atoms with Gasteiger partial charge in [-0.15, -0.1) is 0 Å². The Morgan fingerprint density at radius 3 is 2.45 bits per heavy atom. The van der Waals surface area contributed by atoms with Crippen LogP contribution in [0.15, 0.2) is 42.5 Å². The first-order valence-electron chi connectivity index (χ1n) is 11.1. The van der Waals surface area contributed by atoms with Crippen LogP contribution in [0.25, 0.3) is 0 Å². The lowest BCUT2D eigenvalue weighted by Gasteiger charge is -2.34. The van der Waals surface area contributed by atoms with Crippen LogP contribution in [0.2, 0.25) is 5.02 Å². The predicted molar refractivity (Wildman–Crippen MR) is 125 cm³/mol. The second-order valence-corrected chi connectivity index (χ2v) is 9.00. The molecular formula is C24H28ClFN4O3. The summed E-state index contributed by atoms with van der Waals surface area (Å²) in [5, 5.41) is 17.3. The highest BCUT2D eigenvalue weighted by Crippen LogP contribution is 2.27. The van der Waals surface area contributed by atoms with Crippen LogP contribution in [0.1, 0.15) is 33.6 Å². The number of carbonyl (C=O) groups excluding carboxylic acids is 2. The van der Waals surface area contributed by atoms with Crippen molar-refractivity contribution in [3.63, 3.8) is 0 Å². The van der Waals surface area contributed by atoms with Crippen molar-refractivity contribution in [2.45, 2.75) is 31.0 Å². The predicted octanol–water partition coefficient (Wildman–Crippen LogP) is 2.28. The minimum atomic E-state index is -0.653. The highest BCUT2D eigenvalue weighted by atomic mass is 35.5. The Bertz CT molecular complexity index is 1010. The van der Waals surface area contributed by atoms with Gasteiger partial charge in [-0.25, -0.2) is 4.39 Å². The molecule has 0 saturated carbocycles. The normalized spacial score (nSPS) is 21.3. The second kappa shape index (κ2) is 10.1. The van der Waals surface area contributed by atoms with Gasteiger partial charge in [0.15, 0.2) is 0 Å². The van der Waals surface area contributed by atoms with Gasteiger partial charge in [0.05, 0.1) is 23.4 Å². The van der Waals surface area contributed by atoms with Crippen molar-refractivity contribution in [1.29, 1.82) is 0 Å². The smallest absolute Gasteiger partial charge is 0.253 e. The number of nitrogens with one attached hydrogen (secondary N) is 2. The molecule has 0 bridgehead atoms. The maximum atomic E-state index is 13.9. The number of hydrogen-bond donors (Lipinski definition) is 3. The van der Waals surface area contributed by atoms with Gasteiger partial charge in [0.1, 0.15) is 5.82 Å². The fourth-order valence-electron chi connectivity index (χ4n) is 4.57. The molecule has 9 heteroatoms. The van der Waals surface area contributed by atoms with Crippen molar-refractivity contribution in [2.75, 3.05) is 38.1 Å². The Labute approximate surface area is 197 Å². The molecule has 33 heavy (non-hydrogen) atoms. The number of likely N-dealkylation sites (tertiary alicyclic amines) is 1. The summed E-state index contributed by atoms with van der Waals surface area (Å²) in [6.45, 7) is 2.00. The lowest BCUT2D eigenvalue weighted by atomic mass is 10.0. The van der Waals surface area contributed by atoms with E-state index in [0.29, 0.717) is 48.0 Å². The Morgan fingerprint density at radius 1 is 1.09 bits per heavy atom. The summed E-state index contributed by atoms with van der Waals surface area (Å²) in [5.74, 6) is -0.736. The SMILES string of the molecule is CNC(=O)c1ccc(F)cc1N1CC(NC2CCN(C(=O)c3ccc(Cl)cc3)CC2)[C@H](O)C1. The highest BCUT2D eigenvalue weighted by Gasteiger charge is 2.35. The fraction of sp³-hybridized carbons (Fsp3) is 0.417. The molecule has 2 aliphatic rings. The number of rotatable bonds is 5. The van der Waals surface area contributed by atoms with Crippen molar-refractivity contribution in [2.24, 2.45) is 0 Å². The molecule has 7 nitrogen and oxygen atoms in total. The molecule has 176 valence electrons. The van der Waals surface area contributed by atoms with Crippen LogP contribution in [0.4, 0.5) is 10.1 Å². The first kappa shape index (κ1) is 23.5. The molecule has 2 fully saturated rings. The van der Waals surface area contributed by atoms with Crippen molar-refractivity contribution in [3.8, 4) is 0 Å². The van der Waals surface area contributed by atoms with Crippen LogP contribution in [0.5, 0.6) is 0 Å². The minimum absolute atomic E-state index is 0.00923. The first-order chi connectivity index (χ1) is 15.9. The van der Waals surface area contributed by atoms with Crippen LogP contribution in [-0.4, -0.2) is 73.2 Å². The molecule has 3 N–H and O–H groups in total. The number of aliphatic hydroxyl groups excluding tert-OH is 1. The summed E-state index contributed by atoms with van der Waals surface area (Å²) < 4.78 is 13.9. The summed E-state index contributed by atoms with van der Waals surface area (Å²) in [7, 11) is 1.53. The highest BCUT2D eigenvalue weighted by molar-refractivity contribution is 6.30. The Morgan fingerprint density at radius 2 is 1.79 bits per heavy atom. The van der Waals surface area contributed by atoms with Gasteiger partial charge in [0.2, 0.25) is 0 Å². The van der Waals surface area contributed by atoms with Crippen molar-refractivity contribution in [1.82, 2.24) is 15.5 Å². The topological polar surface area (TPSA) is 84.9 Å². The molecule has 2 aliphatic heterocycles. The molecule has 1 unspecified atom stereocenters. The number of hydrogen-bond acceptors (Lipinski definition) is 5. The summed E-state index contributed by atoms with van der Waals surface area (Å²) in [4.78, 5) is 28.6. The third-order valence-electron chi connectivity index (χ3n) is 6.38. The Kier molecular flexibility index (Phi) is 7.17. The number of carbonyl (C=O) groups is 2. The van der Waals surface area contributed by atoms with E-state index in [2.05, 4.69) is 10.6 Å². The van der Waals surface area contributed by atoms with Crippen LogP contribution in [0, 0.1) is 5.82 Å². The van der Waals surface area contributed by atoms with E-state index in [1.807, 2.05) is 9.80 Å². The maximum absolute atomic E-state index is 13.9. The van der Waals surface area contributed by atoms with E-state index in [1.165, 1.54) is 25.2 Å². The number of halogens is 2. The lowest BCUT2D eigenvalue weighted by molar-refractivity contribution is 0.0691. The third kappa shape index (κ3) is 5.29. The zero-order valence-electron chi connectivity index (χ0n) is 18.4. The minimum Gasteiger partial charge on any atom is -0.390 e. The Hall–Kier alpha value is -2.68. The summed E-state index contributed by atoms with van der Waals surface area (Å²) in [6, 6.07) is 10.9. The van der Waals surface area contributed by atoms with Crippen molar-refractivity contribution in [3.05, 3.63) is 64.4 Å². The monoisotopic (exact) mass is 474 g/mol. The zero-order valence-corrected chi connectivity index (χ0v) is 19.2. The van der Waals surface area contributed by atoms with Gasteiger partial charge >= 0.3 is 0 Å². The zero-order chi connectivity index (χ0) is 23.5. The molecular weight excluding hydrogens is 447 g/mol. The number of piperidine rings is 1. The molecule has 2 atom stereocenters. The Balaban J connectivity index is 1.35. The van der Waals surface area contributed by atoms with Crippen LogP contribution in [-0.2, 0) is 0 Å². The van der Waals surface area contributed by atoms with Crippen LogP contribution >= 0.6 is 11.6 Å². The van der Waals surface area contributed by atoms with E-state index in [0.717, 1.165) is 12.8 Å². The summed E-state index contributed by atoms with van der Waals surface area (Å²) in [5.41, 5.74) is 1.47. The van der Waals surface area contributed by atoms with E-state index in [-0.39, 0.29) is 23.9 Å². The lowest BCUT2D eigenvalue weighted by Crippen LogP contribution is -2.50. The van der Waals surface area contributed by atoms with Crippen LogP contribution < -0.4 is 15.5 Å². The molecule has 2 heterocycles. The second-order valence-electron chi connectivity index (χ2n) is 8.56. The number of benzene rings is 2. The van der Waals surface area contributed by atoms with Gasteiger partial charge in [0, 0.05) is 49.9 Å². The average Bonchev–Trinajstić information content (AvgIpc) is 3.19. The quantitative estimate of drug-likeness (QED) is 0.619. The van der Waals surface area contributed by atoms with E-state index >= 15 is 0 Å². The van der Waals surface area contributed by atoms with Gasteiger partial charge < -0.3 is 25.5 Å². The van der Waals surface area contributed by atoms with Crippen molar-refractivity contribution < 1.29 is 19.1 Å². The van der Waals surface area contributed by atoms with E-state index < -0.39 is 11.9 Å². The van der Waals surface area contributed by atoms with Gasteiger partial charge in [0.25, 0.3) is 11.8 Å². The molecule has 4 rings (SSSR count). The maximum Gasteiger partial charge on any atom is 0.253 e. The molecule has 0 aromatic heterocycles. The van der Waals surface area contributed by atoms with Gasteiger partial charge in [-0.2, -0.15) is 0 Å². The molecule has 0 aliphatic carbocycles. The van der Waals surface area contributed by atoms with Gasteiger partial charge in [-0.05, 0) is 55.3 Å².